The van der Waals surface area contributed by atoms with E-state index >= 15 is 0 Å². The van der Waals surface area contributed by atoms with Crippen molar-refractivity contribution in [1.82, 2.24) is 4.98 Å². The van der Waals surface area contributed by atoms with Crippen LogP contribution in [0, 0.1) is 6.20 Å². The van der Waals surface area contributed by atoms with Crippen molar-refractivity contribution in [2.24, 2.45) is 0 Å². The van der Waals surface area contributed by atoms with Crippen molar-refractivity contribution in [3.63, 3.8) is 0 Å². The van der Waals surface area contributed by atoms with E-state index < -0.39 is 29.5 Å². The molecule has 0 saturated carbocycles. The number of hydrogen-bond donors (Lipinski definition) is 0. The smallest absolute Gasteiger partial charge is 0.254 e. The molecule has 1 nitrogen and oxygen atoms in total. The van der Waals surface area contributed by atoms with Gasteiger partial charge in [0, 0.05) is 11.8 Å². The summed E-state index contributed by atoms with van der Waals surface area (Å²) in [6.07, 6.45) is -11.3. The molecule has 1 aromatic heterocycles. The summed E-state index contributed by atoms with van der Waals surface area (Å²) in [5.41, 5.74) is -8.02. The van der Waals surface area contributed by atoms with Gasteiger partial charge in [0.1, 0.15) is 0 Å². The fraction of sp³-hybridized carbons (Fsp3) is 0.444. The minimum absolute atomic E-state index is 0.0974. The molecule has 19 heavy (non-hydrogen) atoms. The molecule has 0 bridgehead atoms. The maximum Gasteiger partial charge on any atom is 0.457 e. The Labute approximate surface area is 99.6 Å². The maximum absolute atomic E-state index is 13.6. The largest absolute Gasteiger partial charge is 0.457 e. The highest BCUT2D eigenvalue weighted by molar-refractivity contribution is 5.25. The number of rotatable bonds is 2. The van der Waals surface area contributed by atoms with Crippen molar-refractivity contribution in [2.45, 2.75) is 23.9 Å². The number of pyridine rings is 1. The molecule has 0 saturated heterocycles. The van der Waals surface area contributed by atoms with Crippen LogP contribution in [0.15, 0.2) is 18.3 Å². The van der Waals surface area contributed by atoms with Gasteiger partial charge < -0.3 is 0 Å². The molecular formula is C9H3F9N. The van der Waals surface area contributed by atoms with Crippen LogP contribution in [0.4, 0.5) is 39.5 Å². The molecule has 1 rings (SSSR count). The molecule has 0 fully saturated rings. The molecule has 1 aromatic rings. The molecule has 1 radical (unpaired) electrons. The number of aromatic nitrogens is 1. The topological polar surface area (TPSA) is 12.9 Å². The van der Waals surface area contributed by atoms with Crippen molar-refractivity contribution in [2.75, 3.05) is 0 Å². The van der Waals surface area contributed by atoms with E-state index in [-0.39, 0.29) is 6.07 Å². The van der Waals surface area contributed by atoms with Gasteiger partial charge in [-0.1, -0.05) is 6.07 Å². The second-order valence-electron chi connectivity index (χ2n) is 3.39. The zero-order chi connectivity index (χ0) is 15.1. The molecule has 1 atom stereocenters. The van der Waals surface area contributed by atoms with Crippen LogP contribution in [0.25, 0.3) is 0 Å². The van der Waals surface area contributed by atoms with Crippen LogP contribution in [0.5, 0.6) is 0 Å². The van der Waals surface area contributed by atoms with Gasteiger partial charge in [-0.3, -0.25) is 4.98 Å². The third-order valence-corrected chi connectivity index (χ3v) is 2.16. The minimum atomic E-state index is -6.74. The molecule has 0 aliphatic heterocycles. The second kappa shape index (κ2) is 4.27. The summed E-state index contributed by atoms with van der Waals surface area (Å²) in [6.45, 7) is 0. The van der Waals surface area contributed by atoms with Gasteiger partial charge in [0.05, 0.1) is 6.20 Å². The van der Waals surface area contributed by atoms with Crippen molar-refractivity contribution in [3.05, 3.63) is 30.1 Å². The third-order valence-electron chi connectivity index (χ3n) is 2.16. The predicted octanol–water partition coefficient (Wildman–Crippen LogP) is 3.81. The molecule has 0 spiro atoms. The lowest BCUT2D eigenvalue weighted by atomic mass is 9.89. The molecule has 0 amide bonds. The Morgan fingerprint density at radius 3 is 1.68 bits per heavy atom. The average molecular weight is 296 g/mol. The first-order valence-corrected chi connectivity index (χ1v) is 4.39. The Hall–Kier alpha value is -1.48. The molecular weight excluding hydrogens is 293 g/mol. The van der Waals surface area contributed by atoms with Crippen molar-refractivity contribution < 1.29 is 39.5 Å². The number of hydrogen-bond acceptors (Lipinski definition) is 1. The SMILES string of the molecule is FC(F)(F)C(F)(F)C(F)(c1[c]nccc1)C(F)(F)F. The van der Waals surface area contributed by atoms with Crippen LogP contribution < -0.4 is 0 Å². The first-order valence-electron chi connectivity index (χ1n) is 4.39. The van der Waals surface area contributed by atoms with Crippen LogP contribution in [-0.2, 0) is 5.67 Å². The van der Waals surface area contributed by atoms with E-state index in [1.807, 2.05) is 0 Å². The molecule has 1 unspecified atom stereocenters. The summed E-state index contributed by atoms with van der Waals surface area (Å²) in [7, 11) is 0. The summed E-state index contributed by atoms with van der Waals surface area (Å²) in [6, 6.07) is 0.679. The van der Waals surface area contributed by atoms with E-state index in [9.17, 15) is 39.5 Å². The normalized spacial score (nSPS) is 17.1. The van der Waals surface area contributed by atoms with Crippen molar-refractivity contribution >= 4 is 0 Å². The monoisotopic (exact) mass is 296 g/mol. The number of halogens is 9. The highest BCUT2D eigenvalue weighted by Crippen LogP contribution is 2.57. The minimum Gasteiger partial charge on any atom is -0.254 e. The number of nitrogens with zero attached hydrogens (tertiary/aromatic N) is 1. The molecule has 1 heterocycles. The first kappa shape index (κ1) is 15.6. The summed E-state index contributed by atoms with van der Waals surface area (Å²) in [5.74, 6) is -6.68. The van der Waals surface area contributed by atoms with Crippen molar-refractivity contribution in [3.8, 4) is 0 Å². The Morgan fingerprint density at radius 1 is 0.842 bits per heavy atom. The highest BCUT2D eigenvalue weighted by atomic mass is 19.4. The van der Waals surface area contributed by atoms with Gasteiger partial charge in [-0.15, -0.1) is 0 Å². The summed E-state index contributed by atoms with van der Waals surface area (Å²) in [4.78, 5) is 2.79. The molecule has 0 aliphatic rings. The molecule has 0 aromatic carbocycles. The Bertz CT molecular complexity index is 435. The van der Waals surface area contributed by atoms with E-state index in [0.717, 1.165) is 6.20 Å². The van der Waals surface area contributed by atoms with Gasteiger partial charge >= 0.3 is 23.9 Å². The van der Waals surface area contributed by atoms with Gasteiger partial charge in [0.25, 0.3) is 0 Å². The van der Waals surface area contributed by atoms with E-state index in [2.05, 4.69) is 4.98 Å². The fourth-order valence-electron chi connectivity index (χ4n) is 1.21. The zero-order valence-corrected chi connectivity index (χ0v) is 8.58. The van der Waals surface area contributed by atoms with Gasteiger partial charge in [0.2, 0.25) is 0 Å². The van der Waals surface area contributed by atoms with Crippen LogP contribution in [0.3, 0.4) is 0 Å². The summed E-state index contributed by atoms with van der Waals surface area (Å²) in [5, 5.41) is 0. The van der Waals surface area contributed by atoms with E-state index in [1.165, 1.54) is 6.20 Å². The fourth-order valence-corrected chi connectivity index (χ4v) is 1.21. The molecule has 10 heteroatoms. The molecule has 0 N–H and O–H groups in total. The molecule has 107 valence electrons. The lowest BCUT2D eigenvalue weighted by molar-refractivity contribution is -0.389. The summed E-state index contributed by atoms with van der Waals surface area (Å²) >= 11 is 0. The van der Waals surface area contributed by atoms with Gasteiger partial charge in [-0.2, -0.15) is 35.1 Å². The zero-order valence-electron chi connectivity index (χ0n) is 8.58. The van der Waals surface area contributed by atoms with Gasteiger partial charge in [0.15, 0.2) is 0 Å². The molecule has 0 aliphatic carbocycles. The van der Waals surface area contributed by atoms with Crippen LogP contribution in [0.2, 0.25) is 0 Å². The second-order valence-corrected chi connectivity index (χ2v) is 3.39. The van der Waals surface area contributed by atoms with E-state index in [1.54, 1.807) is 0 Å². The predicted molar refractivity (Wildman–Crippen MR) is 42.9 cm³/mol. The Kier molecular flexibility index (Phi) is 3.50. The quantitative estimate of drug-likeness (QED) is 0.756. The number of alkyl halides is 9. The Morgan fingerprint density at radius 2 is 1.37 bits per heavy atom. The third kappa shape index (κ3) is 2.23. The van der Waals surface area contributed by atoms with Gasteiger partial charge in [-0.05, 0) is 6.07 Å². The van der Waals surface area contributed by atoms with Crippen molar-refractivity contribution in [1.29, 1.82) is 0 Å². The lowest BCUT2D eigenvalue weighted by Gasteiger charge is -2.35. The van der Waals surface area contributed by atoms with Crippen LogP contribution in [0.1, 0.15) is 5.56 Å². The summed E-state index contributed by atoms with van der Waals surface area (Å²) < 4.78 is 113. The van der Waals surface area contributed by atoms with Crippen LogP contribution in [-0.4, -0.2) is 23.3 Å². The maximum atomic E-state index is 13.6. The van der Waals surface area contributed by atoms with Gasteiger partial charge in [-0.25, -0.2) is 4.39 Å². The van der Waals surface area contributed by atoms with Crippen LogP contribution >= 0.6 is 0 Å². The average Bonchev–Trinajstić information content (AvgIpc) is 2.25. The first-order chi connectivity index (χ1) is 8.36. The lowest BCUT2D eigenvalue weighted by Crippen LogP contribution is -2.59. The standard InChI is InChI=1S/C9H3F9N/c10-6(8(13,14)15,5-2-1-3-19-4-5)7(11,12)9(16,17)18/h1-3H. The van der Waals surface area contributed by atoms with E-state index in [0.29, 0.717) is 6.07 Å². The Balaban J connectivity index is 3.57. The van der Waals surface area contributed by atoms with E-state index in [4.69, 9.17) is 0 Å². The highest BCUT2D eigenvalue weighted by Gasteiger charge is 2.81.